The van der Waals surface area contributed by atoms with Gasteiger partial charge in [0.25, 0.3) is 0 Å². The molecule has 0 radical (unpaired) electrons. The van der Waals surface area contributed by atoms with E-state index in [4.69, 9.17) is 0 Å². The second kappa shape index (κ2) is 4.96. The Balaban J connectivity index is 2.32. The molecule has 0 aromatic carbocycles. The van der Waals surface area contributed by atoms with Crippen LogP contribution in [0.4, 0.5) is 5.00 Å². The molecule has 0 saturated carbocycles. The van der Waals surface area contributed by atoms with Gasteiger partial charge in [-0.1, -0.05) is 20.8 Å². The van der Waals surface area contributed by atoms with E-state index in [2.05, 4.69) is 5.32 Å². The Hall–Kier alpha value is -1.36. The molecule has 4 nitrogen and oxygen atoms in total. The normalized spacial score (nSPS) is 14.3. The summed E-state index contributed by atoms with van der Waals surface area (Å²) in [5, 5.41) is 12.7. The number of amides is 1. The Morgan fingerprint density at radius 2 is 2.05 bits per heavy atom. The maximum atomic E-state index is 12.2. The zero-order valence-corrected chi connectivity index (χ0v) is 12.3. The Kier molecular flexibility index (Phi) is 3.67. The predicted octanol–water partition coefficient (Wildman–Crippen LogP) is 3.31. The van der Waals surface area contributed by atoms with Crippen LogP contribution in [0.3, 0.4) is 0 Å². The molecule has 1 aliphatic rings. The topological polar surface area (TPSA) is 66.4 Å². The SMILES string of the molecule is CCC(C)(C)C(=O)Nc1sc2c(c1C(=O)O)CCC2. The lowest BCUT2D eigenvalue weighted by Gasteiger charge is -2.21. The van der Waals surface area contributed by atoms with Crippen molar-refractivity contribution in [1.82, 2.24) is 0 Å². The molecule has 1 aromatic rings. The highest BCUT2D eigenvalue weighted by molar-refractivity contribution is 7.17. The summed E-state index contributed by atoms with van der Waals surface area (Å²) in [6.45, 7) is 5.68. The summed E-state index contributed by atoms with van der Waals surface area (Å²) in [5.74, 6) is -1.05. The minimum absolute atomic E-state index is 0.113. The number of thiophene rings is 1. The molecular weight excluding hydrogens is 262 g/mol. The van der Waals surface area contributed by atoms with Crippen molar-refractivity contribution in [3.63, 3.8) is 0 Å². The number of nitrogens with one attached hydrogen (secondary N) is 1. The molecule has 104 valence electrons. The van der Waals surface area contributed by atoms with Crippen molar-refractivity contribution in [2.24, 2.45) is 5.41 Å². The standard InChI is InChI=1S/C14H19NO3S/c1-4-14(2,3)13(18)15-11-10(12(16)17)8-6-5-7-9(8)19-11/h4-7H2,1-3H3,(H,15,18)(H,16,17). The third kappa shape index (κ3) is 2.52. The monoisotopic (exact) mass is 281 g/mol. The van der Waals surface area contributed by atoms with Gasteiger partial charge in [-0.3, -0.25) is 4.79 Å². The first kappa shape index (κ1) is 14.1. The lowest BCUT2D eigenvalue weighted by Crippen LogP contribution is -2.30. The van der Waals surface area contributed by atoms with Crippen LogP contribution >= 0.6 is 11.3 Å². The van der Waals surface area contributed by atoms with Crippen LogP contribution in [0.2, 0.25) is 0 Å². The van der Waals surface area contributed by atoms with Crippen LogP contribution in [-0.4, -0.2) is 17.0 Å². The summed E-state index contributed by atoms with van der Waals surface area (Å²) < 4.78 is 0. The molecule has 0 atom stereocenters. The molecule has 1 aromatic heterocycles. The summed E-state index contributed by atoms with van der Waals surface area (Å²) >= 11 is 1.42. The molecule has 0 unspecified atom stereocenters. The molecule has 0 bridgehead atoms. The minimum atomic E-state index is -0.941. The third-order valence-electron chi connectivity index (χ3n) is 3.86. The van der Waals surface area contributed by atoms with Gasteiger partial charge in [0.05, 0.1) is 5.56 Å². The largest absolute Gasteiger partial charge is 0.478 e. The second-order valence-electron chi connectivity index (χ2n) is 5.56. The quantitative estimate of drug-likeness (QED) is 0.889. The number of rotatable bonds is 4. The zero-order valence-electron chi connectivity index (χ0n) is 11.5. The van der Waals surface area contributed by atoms with Crippen LogP contribution in [0, 0.1) is 5.41 Å². The van der Waals surface area contributed by atoms with Crippen molar-refractivity contribution < 1.29 is 14.7 Å². The van der Waals surface area contributed by atoms with Gasteiger partial charge in [-0.2, -0.15) is 0 Å². The minimum Gasteiger partial charge on any atom is -0.478 e. The van der Waals surface area contributed by atoms with E-state index in [1.165, 1.54) is 11.3 Å². The van der Waals surface area contributed by atoms with E-state index in [1.54, 1.807) is 0 Å². The molecule has 1 amide bonds. The molecule has 1 aliphatic carbocycles. The van der Waals surface area contributed by atoms with Crippen molar-refractivity contribution in [2.75, 3.05) is 5.32 Å². The lowest BCUT2D eigenvalue weighted by atomic mass is 9.89. The number of hydrogen-bond acceptors (Lipinski definition) is 3. The van der Waals surface area contributed by atoms with Gasteiger partial charge in [-0.25, -0.2) is 4.79 Å². The number of carbonyl (C=O) groups excluding carboxylic acids is 1. The predicted molar refractivity (Wildman–Crippen MR) is 76.0 cm³/mol. The van der Waals surface area contributed by atoms with Crippen LogP contribution < -0.4 is 5.32 Å². The summed E-state index contributed by atoms with van der Waals surface area (Å²) in [4.78, 5) is 24.7. The molecule has 5 heteroatoms. The summed E-state index contributed by atoms with van der Waals surface area (Å²) in [7, 11) is 0. The number of carboxylic acid groups (broad SMARTS) is 1. The van der Waals surface area contributed by atoms with E-state index in [-0.39, 0.29) is 5.91 Å². The number of carboxylic acids is 1. The number of anilines is 1. The summed E-state index contributed by atoms with van der Waals surface area (Å²) in [5.41, 5.74) is 0.740. The summed E-state index contributed by atoms with van der Waals surface area (Å²) in [6.07, 6.45) is 3.45. The van der Waals surface area contributed by atoms with Gasteiger partial charge in [0.15, 0.2) is 0 Å². The van der Waals surface area contributed by atoms with Crippen molar-refractivity contribution in [2.45, 2.75) is 46.5 Å². The molecule has 0 fully saturated rings. The third-order valence-corrected chi connectivity index (χ3v) is 5.07. The van der Waals surface area contributed by atoms with E-state index in [1.807, 2.05) is 20.8 Å². The van der Waals surface area contributed by atoms with Crippen LogP contribution in [-0.2, 0) is 17.6 Å². The fraction of sp³-hybridized carbons (Fsp3) is 0.571. The van der Waals surface area contributed by atoms with E-state index in [0.717, 1.165) is 29.7 Å². The van der Waals surface area contributed by atoms with Crippen LogP contribution in [0.1, 0.15) is 54.4 Å². The fourth-order valence-corrected chi connectivity index (χ4v) is 3.43. The molecule has 2 N–H and O–H groups in total. The van der Waals surface area contributed by atoms with Gasteiger partial charge in [0.1, 0.15) is 5.00 Å². The lowest BCUT2D eigenvalue weighted by molar-refractivity contribution is -0.124. The Bertz CT molecular complexity index is 531. The molecule has 0 spiro atoms. The van der Waals surface area contributed by atoms with E-state index in [9.17, 15) is 14.7 Å². The van der Waals surface area contributed by atoms with E-state index in [0.29, 0.717) is 17.0 Å². The maximum Gasteiger partial charge on any atom is 0.339 e. The van der Waals surface area contributed by atoms with Crippen molar-refractivity contribution in [3.05, 3.63) is 16.0 Å². The smallest absolute Gasteiger partial charge is 0.339 e. The van der Waals surface area contributed by atoms with Gasteiger partial charge >= 0.3 is 5.97 Å². The number of aromatic carboxylic acids is 1. The molecule has 19 heavy (non-hydrogen) atoms. The average molecular weight is 281 g/mol. The molecular formula is C14H19NO3S. The Morgan fingerprint density at radius 1 is 1.37 bits per heavy atom. The van der Waals surface area contributed by atoms with Gasteiger partial charge in [0.2, 0.25) is 5.91 Å². The molecule has 0 saturated heterocycles. The fourth-order valence-electron chi connectivity index (χ4n) is 2.15. The van der Waals surface area contributed by atoms with Crippen LogP contribution in [0.5, 0.6) is 0 Å². The van der Waals surface area contributed by atoms with E-state index < -0.39 is 11.4 Å². The van der Waals surface area contributed by atoms with Crippen molar-refractivity contribution in [3.8, 4) is 0 Å². The Morgan fingerprint density at radius 3 is 2.63 bits per heavy atom. The number of aryl methyl sites for hydroxylation is 1. The van der Waals surface area contributed by atoms with E-state index >= 15 is 0 Å². The average Bonchev–Trinajstić information content (AvgIpc) is 2.87. The van der Waals surface area contributed by atoms with Gasteiger partial charge in [-0.15, -0.1) is 11.3 Å². The first-order valence-electron chi connectivity index (χ1n) is 6.56. The molecule has 1 heterocycles. The maximum absolute atomic E-state index is 12.2. The molecule has 2 rings (SSSR count). The number of hydrogen-bond donors (Lipinski definition) is 2. The first-order chi connectivity index (χ1) is 8.86. The highest BCUT2D eigenvalue weighted by Crippen LogP contribution is 2.39. The Labute approximate surface area is 116 Å². The van der Waals surface area contributed by atoms with Gasteiger partial charge in [0, 0.05) is 10.3 Å². The number of carbonyl (C=O) groups is 2. The second-order valence-corrected chi connectivity index (χ2v) is 6.66. The first-order valence-corrected chi connectivity index (χ1v) is 7.37. The van der Waals surface area contributed by atoms with Crippen LogP contribution in [0.25, 0.3) is 0 Å². The zero-order chi connectivity index (χ0) is 14.2. The van der Waals surface area contributed by atoms with Gasteiger partial charge < -0.3 is 10.4 Å². The summed E-state index contributed by atoms with van der Waals surface area (Å²) in [6, 6.07) is 0. The van der Waals surface area contributed by atoms with Crippen molar-refractivity contribution in [1.29, 1.82) is 0 Å². The molecule has 0 aliphatic heterocycles. The highest BCUT2D eigenvalue weighted by atomic mass is 32.1. The van der Waals surface area contributed by atoms with Crippen molar-refractivity contribution >= 4 is 28.2 Å². The van der Waals surface area contributed by atoms with Crippen LogP contribution in [0.15, 0.2) is 0 Å². The number of fused-ring (bicyclic) bond motifs is 1. The highest BCUT2D eigenvalue weighted by Gasteiger charge is 2.30. The van der Waals surface area contributed by atoms with Gasteiger partial charge in [-0.05, 0) is 31.2 Å².